The van der Waals surface area contributed by atoms with E-state index in [1.54, 1.807) is 12.1 Å². The molecular weight excluding hydrogens is 341 g/mol. The second-order valence-electron chi connectivity index (χ2n) is 5.69. The van der Waals surface area contributed by atoms with E-state index in [2.05, 4.69) is 5.32 Å². The fourth-order valence-electron chi connectivity index (χ4n) is 2.58. The molecule has 0 bridgehead atoms. The van der Waals surface area contributed by atoms with E-state index < -0.39 is 18.0 Å². The van der Waals surface area contributed by atoms with Crippen LogP contribution in [-0.4, -0.2) is 31.4 Å². The van der Waals surface area contributed by atoms with Gasteiger partial charge in [0.15, 0.2) is 0 Å². The van der Waals surface area contributed by atoms with Crippen LogP contribution in [0.25, 0.3) is 0 Å². The third-order valence-electron chi connectivity index (χ3n) is 3.91. The van der Waals surface area contributed by atoms with Gasteiger partial charge in [0.05, 0.1) is 11.7 Å². The van der Waals surface area contributed by atoms with Crippen molar-refractivity contribution < 1.29 is 23.5 Å². The van der Waals surface area contributed by atoms with E-state index in [1.807, 2.05) is 18.2 Å². The topological polar surface area (TPSA) is 93.9 Å². The van der Waals surface area contributed by atoms with E-state index in [9.17, 15) is 14.0 Å². The second-order valence-corrected chi connectivity index (χ2v) is 5.69. The first kappa shape index (κ1) is 17.7. The first-order valence-electron chi connectivity index (χ1n) is 8.02. The Morgan fingerprint density at radius 2 is 2.08 bits per heavy atom. The summed E-state index contributed by atoms with van der Waals surface area (Å²) in [5.41, 5.74) is 6.71. The molecule has 1 atom stereocenters. The highest BCUT2D eigenvalue weighted by Crippen LogP contribution is 2.27. The highest BCUT2D eigenvalue weighted by molar-refractivity contribution is 5.92. The van der Waals surface area contributed by atoms with Crippen molar-refractivity contribution in [2.75, 3.05) is 23.4 Å². The van der Waals surface area contributed by atoms with Crippen LogP contribution in [-0.2, 0) is 16.1 Å². The van der Waals surface area contributed by atoms with E-state index in [0.29, 0.717) is 5.69 Å². The van der Waals surface area contributed by atoms with Crippen LogP contribution in [0.4, 0.5) is 25.4 Å². The van der Waals surface area contributed by atoms with Crippen molar-refractivity contribution in [2.45, 2.75) is 12.6 Å². The van der Waals surface area contributed by atoms with Crippen LogP contribution >= 0.6 is 0 Å². The maximum atomic E-state index is 14.0. The molecule has 1 aliphatic rings. The second kappa shape index (κ2) is 7.83. The summed E-state index contributed by atoms with van der Waals surface area (Å²) in [5, 5.41) is 2.35. The molecule has 0 aromatic heterocycles. The van der Waals surface area contributed by atoms with Gasteiger partial charge >= 0.3 is 12.2 Å². The van der Waals surface area contributed by atoms with E-state index in [1.165, 1.54) is 17.0 Å². The fraction of sp³-hybridized carbons (Fsp3) is 0.222. The molecule has 2 aromatic carbocycles. The third kappa shape index (κ3) is 3.92. The Bertz CT molecular complexity index is 800. The predicted octanol–water partition coefficient (Wildman–Crippen LogP) is 2.86. The molecule has 0 aliphatic carbocycles. The van der Waals surface area contributed by atoms with Gasteiger partial charge in [-0.1, -0.05) is 30.3 Å². The minimum Gasteiger partial charge on any atom is -0.447 e. The number of hydrogen-bond acceptors (Lipinski definition) is 5. The molecule has 0 radical (unpaired) electrons. The zero-order valence-electron chi connectivity index (χ0n) is 13.9. The summed E-state index contributed by atoms with van der Waals surface area (Å²) in [7, 11) is 0. The standard InChI is InChI=1S/C18H18FN3O4/c19-15-7-6-13(22-14(9-20)11-26-18(22)24)8-16(15)21-17(23)25-10-12-4-2-1-3-5-12/h1-8,14H,9-11,20H2,(H,21,23). The number of halogens is 1. The average molecular weight is 359 g/mol. The summed E-state index contributed by atoms with van der Waals surface area (Å²) in [4.78, 5) is 25.1. The molecule has 136 valence electrons. The van der Waals surface area contributed by atoms with Crippen molar-refractivity contribution in [3.63, 3.8) is 0 Å². The van der Waals surface area contributed by atoms with Gasteiger partial charge in [-0.2, -0.15) is 0 Å². The highest BCUT2D eigenvalue weighted by Gasteiger charge is 2.33. The number of cyclic esters (lactones) is 1. The number of nitrogens with one attached hydrogen (secondary N) is 1. The third-order valence-corrected chi connectivity index (χ3v) is 3.91. The Kier molecular flexibility index (Phi) is 5.33. The molecule has 1 fully saturated rings. The maximum Gasteiger partial charge on any atom is 0.414 e. The monoisotopic (exact) mass is 359 g/mol. The Morgan fingerprint density at radius 1 is 1.31 bits per heavy atom. The molecule has 8 heteroatoms. The Morgan fingerprint density at radius 3 is 2.81 bits per heavy atom. The molecule has 0 spiro atoms. The summed E-state index contributed by atoms with van der Waals surface area (Å²) in [6.45, 7) is 0.418. The molecular formula is C18H18FN3O4. The van der Waals surface area contributed by atoms with Crippen molar-refractivity contribution in [1.82, 2.24) is 0 Å². The van der Waals surface area contributed by atoms with E-state index in [4.69, 9.17) is 15.2 Å². The maximum absolute atomic E-state index is 14.0. The minimum absolute atomic E-state index is 0.0572. The van der Waals surface area contributed by atoms with E-state index >= 15 is 0 Å². The fourth-order valence-corrected chi connectivity index (χ4v) is 2.58. The molecule has 7 nitrogen and oxygen atoms in total. The molecule has 1 heterocycles. The van der Waals surface area contributed by atoms with Gasteiger partial charge in [0.25, 0.3) is 0 Å². The molecule has 3 rings (SSSR count). The number of hydrogen-bond donors (Lipinski definition) is 2. The number of carbonyl (C=O) groups excluding carboxylic acids is 2. The summed E-state index contributed by atoms with van der Waals surface area (Å²) >= 11 is 0. The van der Waals surface area contributed by atoms with Crippen LogP contribution in [0.2, 0.25) is 0 Å². The van der Waals surface area contributed by atoms with Crippen molar-refractivity contribution in [3.05, 3.63) is 59.9 Å². The summed E-state index contributed by atoms with van der Waals surface area (Å²) < 4.78 is 24.1. The predicted molar refractivity (Wildman–Crippen MR) is 93.3 cm³/mol. The van der Waals surface area contributed by atoms with Crippen LogP contribution in [0.15, 0.2) is 48.5 Å². The largest absolute Gasteiger partial charge is 0.447 e. The lowest BCUT2D eigenvalue weighted by atomic mass is 10.2. The average Bonchev–Trinajstić information content (AvgIpc) is 3.03. The molecule has 1 aliphatic heterocycles. The van der Waals surface area contributed by atoms with Gasteiger partial charge in [-0.05, 0) is 23.8 Å². The number of carbonyl (C=O) groups is 2. The lowest BCUT2D eigenvalue weighted by Crippen LogP contribution is -2.38. The van der Waals surface area contributed by atoms with Crippen LogP contribution < -0.4 is 16.0 Å². The van der Waals surface area contributed by atoms with Gasteiger partial charge < -0.3 is 15.2 Å². The van der Waals surface area contributed by atoms with Gasteiger partial charge in [-0.3, -0.25) is 10.2 Å². The van der Waals surface area contributed by atoms with Crippen molar-refractivity contribution >= 4 is 23.6 Å². The highest BCUT2D eigenvalue weighted by atomic mass is 19.1. The molecule has 3 N–H and O–H groups in total. The summed E-state index contributed by atoms with van der Waals surface area (Å²) in [6.07, 6.45) is -1.37. The Labute approximate surface area is 149 Å². The number of rotatable bonds is 5. The zero-order chi connectivity index (χ0) is 18.5. The van der Waals surface area contributed by atoms with Crippen LogP contribution in [0.1, 0.15) is 5.56 Å². The molecule has 2 aromatic rings. The Hall–Kier alpha value is -3.13. The van der Waals surface area contributed by atoms with Crippen LogP contribution in [0, 0.1) is 5.82 Å². The van der Waals surface area contributed by atoms with Crippen LogP contribution in [0.5, 0.6) is 0 Å². The number of amides is 2. The SMILES string of the molecule is NCC1COC(=O)N1c1ccc(F)c(NC(=O)OCc2ccccc2)c1. The first-order valence-corrected chi connectivity index (χ1v) is 8.02. The number of nitrogens with zero attached hydrogens (tertiary/aromatic N) is 1. The number of ether oxygens (including phenoxy) is 2. The van der Waals surface area contributed by atoms with Crippen LogP contribution in [0.3, 0.4) is 0 Å². The zero-order valence-corrected chi connectivity index (χ0v) is 13.9. The summed E-state index contributed by atoms with van der Waals surface area (Å²) in [5.74, 6) is -0.651. The lowest BCUT2D eigenvalue weighted by Gasteiger charge is -2.21. The quantitative estimate of drug-likeness (QED) is 0.856. The summed E-state index contributed by atoms with van der Waals surface area (Å²) in [6, 6.07) is 12.7. The van der Waals surface area contributed by atoms with Gasteiger partial charge in [-0.25, -0.2) is 14.0 Å². The van der Waals surface area contributed by atoms with Crippen molar-refractivity contribution in [3.8, 4) is 0 Å². The smallest absolute Gasteiger partial charge is 0.414 e. The van der Waals surface area contributed by atoms with E-state index in [0.717, 1.165) is 11.6 Å². The number of anilines is 2. The minimum atomic E-state index is -0.802. The molecule has 0 saturated carbocycles. The van der Waals surface area contributed by atoms with E-state index in [-0.39, 0.29) is 31.5 Å². The molecule has 1 saturated heterocycles. The molecule has 1 unspecified atom stereocenters. The molecule has 2 amide bonds. The van der Waals surface area contributed by atoms with Gasteiger partial charge in [0.1, 0.15) is 19.0 Å². The Balaban J connectivity index is 1.69. The first-order chi connectivity index (χ1) is 12.6. The number of benzene rings is 2. The van der Waals surface area contributed by atoms with Gasteiger partial charge in [0, 0.05) is 12.2 Å². The van der Waals surface area contributed by atoms with Crippen molar-refractivity contribution in [1.29, 1.82) is 0 Å². The molecule has 26 heavy (non-hydrogen) atoms. The van der Waals surface area contributed by atoms with Gasteiger partial charge in [-0.15, -0.1) is 0 Å². The van der Waals surface area contributed by atoms with Crippen molar-refractivity contribution in [2.24, 2.45) is 5.73 Å². The van der Waals surface area contributed by atoms with Gasteiger partial charge in [0.2, 0.25) is 0 Å². The lowest BCUT2D eigenvalue weighted by molar-refractivity contribution is 0.155. The number of nitrogens with two attached hydrogens (primary N) is 1. The normalized spacial score (nSPS) is 16.3.